The Balaban J connectivity index is 1.69. The van der Waals surface area contributed by atoms with E-state index in [1.54, 1.807) is 11.3 Å². The van der Waals surface area contributed by atoms with Crippen molar-refractivity contribution in [1.82, 2.24) is 10.6 Å². The number of nitrogens with one attached hydrogen (secondary N) is 2. The topological polar surface area (TPSA) is 64.9 Å². The summed E-state index contributed by atoms with van der Waals surface area (Å²) in [6.07, 6.45) is 3.14. The number of hydrogen-bond donors (Lipinski definition) is 2. The number of nitriles is 1. The van der Waals surface area contributed by atoms with E-state index in [1.807, 2.05) is 13.0 Å². The fourth-order valence-electron chi connectivity index (χ4n) is 3.50. The molecule has 1 aliphatic carbocycles. The van der Waals surface area contributed by atoms with Gasteiger partial charge < -0.3 is 5.32 Å². The third-order valence-electron chi connectivity index (χ3n) is 5.77. The Morgan fingerprint density at radius 3 is 2.50 bits per heavy atom. The molecule has 0 bridgehead atoms. The summed E-state index contributed by atoms with van der Waals surface area (Å²) in [5.41, 5.74) is 1.73. The highest BCUT2D eigenvalue weighted by atomic mass is 32.1. The lowest BCUT2D eigenvalue weighted by Crippen LogP contribution is -2.49. The molecule has 1 fully saturated rings. The Labute approximate surface area is 172 Å². The summed E-state index contributed by atoms with van der Waals surface area (Å²) >= 11 is 1.68. The predicted octanol–water partition coefficient (Wildman–Crippen LogP) is 4.75. The summed E-state index contributed by atoms with van der Waals surface area (Å²) in [5, 5.41) is 17.8. The van der Waals surface area contributed by atoms with Crippen LogP contribution in [0.25, 0.3) is 0 Å². The van der Waals surface area contributed by atoms with Crippen molar-refractivity contribution < 1.29 is 4.79 Å². The van der Waals surface area contributed by atoms with Crippen LogP contribution in [0.3, 0.4) is 0 Å². The van der Waals surface area contributed by atoms with Crippen LogP contribution in [0.15, 0.2) is 41.8 Å². The molecule has 3 rings (SSSR count). The zero-order chi connectivity index (χ0) is 20.1. The predicted molar refractivity (Wildman–Crippen MR) is 114 cm³/mol. The number of carbonyl (C=O) groups is 1. The second-order valence-electron chi connectivity index (χ2n) is 7.94. The number of benzene rings is 1. The van der Waals surface area contributed by atoms with Crippen molar-refractivity contribution in [3.8, 4) is 6.07 Å². The Bertz CT molecular complexity index is 821. The van der Waals surface area contributed by atoms with Gasteiger partial charge in [-0.1, -0.05) is 44.2 Å². The molecule has 1 aromatic carbocycles. The monoisotopic (exact) mass is 395 g/mol. The first-order valence-electron chi connectivity index (χ1n) is 10.1. The van der Waals surface area contributed by atoms with E-state index in [0.717, 1.165) is 24.8 Å². The SMILES string of the molecule is CC[C@H](C)c1ccc([C@H](NCC(=O)N[C@@](C)(C#N)C2CC2)c2cccs2)cc1. The molecule has 0 aliphatic heterocycles. The second-order valence-corrected chi connectivity index (χ2v) is 8.92. The van der Waals surface area contributed by atoms with E-state index in [9.17, 15) is 10.1 Å². The second kappa shape index (κ2) is 8.89. The third-order valence-corrected chi connectivity index (χ3v) is 6.71. The van der Waals surface area contributed by atoms with Crippen LogP contribution in [0.4, 0.5) is 0 Å². The van der Waals surface area contributed by atoms with Gasteiger partial charge in [-0.05, 0) is 60.6 Å². The molecular weight excluding hydrogens is 366 g/mol. The van der Waals surface area contributed by atoms with Crippen LogP contribution >= 0.6 is 11.3 Å². The normalized spacial score (nSPS) is 17.9. The molecule has 0 unspecified atom stereocenters. The summed E-state index contributed by atoms with van der Waals surface area (Å²) in [5.74, 6) is 0.690. The minimum atomic E-state index is -0.755. The van der Waals surface area contributed by atoms with Crippen LogP contribution in [0, 0.1) is 17.2 Å². The Morgan fingerprint density at radius 2 is 1.96 bits per heavy atom. The van der Waals surface area contributed by atoms with E-state index in [1.165, 1.54) is 10.4 Å². The van der Waals surface area contributed by atoms with Crippen molar-refractivity contribution in [1.29, 1.82) is 5.26 Å². The van der Waals surface area contributed by atoms with Gasteiger partial charge in [0.1, 0.15) is 5.54 Å². The molecule has 0 saturated heterocycles. The van der Waals surface area contributed by atoms with Gasteiger partial charge >= 0.3 is 0 Å². The van der Waals surface area contributed by atoms with Gasteiger partial charge in [-0.2, -0.15) is 5.26 Å². The quantitative estimate of drug-likeness (QED) is 0.644. The molecule has 4 nitrogen and oxygen atoms in total. The lowest BCUT2D eigenvalue weighted by Gasteiger charge is -2.24. The number of amides is 1. The first kappa shape index (κ1) is 20.6. The van der Waals surface area contributed by atoms with Crippen molar-refractivity contribution >= 4 is 17.2 Å². The summed E-state index contributed by atoms with van der Waals surface area (Å²) in [6.45, 7) is 6.44. The Kier molecular flexibility index (Phi) is 6.53. The molecule has 0 radical (unpaired) electrons. The summed E-state index contributed by atoms with van der Waals surface area (Å²) < 4.78 is 0. The molecule has 1 aliphatic rings. The summed E-state index contributed by atoms with van der Waals surface area (Å²) in [6, 6.07) is 15.0. The van der Waals surface area contributed by atoms with Gasteiger partial charge in [0, 0.05) is 4.88 Å². The van der Waals surface area contributed by atoms with Crippen molar-refractivity contribution in [2.45, 2.75) is 57.5 Å². The van der Waals surface area contributed by atoms with Crippen molar-refractivity contribution in [3.05, 3.63) is 57.8 Å². The average molecular weight is 396 g/mol. The van der Waals surface area contributed by atoms with Gasteiger partial charge in [0.25, 0.3) is 0 Å². The highest BCUT2D eigenvalue weighted by Crippen LogP contribution is 2.39. The number of thiophene rings is 1. The number of carbonyl (C=O) groups excluding carboxylic acids is 1. The molecule has 1 amide bonds. The summed E-state index contributed by atoms with van der Waals surface area (Å²) in [7, 11) is 0. The molecule has 1 heterocycles. The van der Waals surface area contributed by atoms with E-state index in [4.69, 9.17) is 0 Å². The van der Waals surface area contributed by atoms with E-state index in [0.29, 0.717) is 5.92 Å². The zero-order valence-electron chi connectivity index (χ0n) is 16.9. The fourth-order valence-corrected chi connectivity index (χ4v) is 4.33. The van der Waals surface area contributed by atoms with Crippen LogP contribution in [-0.4, -0.2) is 18.0 Å². The lowest BCUT2D eigenvalue weighted by molar-refractivity contribution is -0.121. The van der Waals surface area contributed by atoms with Crippen LogP contribution < -0.4 is 10.6 Å². The van der Waals surface area contributed by atoms with Gasteiger partial charge in [0.15, 0.2) is 0 Å². The van der Waals surface area contributed by atoms with Crippen molar-refractivity contribution in [2.24, 2.45) is 5.92 Å². The maximum absolute atomic E-state index is 12.5. The zero-order valence-corrected chi connectivity index (χ0v) is 17.7. The van der Waals surface area contributed by atoms with Gasteiger partial charge in [0.2, 0.25) is 5.91 Å². The molecule has 3 atom stereocenters. The molecule has 2 N–H and O–H groups in total. The summed E-state index contributed by atoms with van der Waals surface area (Å²) in [4.78, 5) is 13.7. The smallest absolute Gasteiger partial charge is 0.235 e. The molecule has 1 aromatic heterocycles. The third kappa shape index (κ3) is 4.81. The van der Waals surface area contributed by atoms with E-state index < -0.39 is 5.54 Å². The molecule has 5 heteroatoms. The lowest BCUT2D eigenvalue weighted by atomic mass is 9.95. The Hall–Kier alpha value is -2.16. The average Bonchev–Trinajstić information content (AvgIpc) is 3.45. The largest absolute Gasteiger partial charge is 0.337 e. The van der Waals surface area contributed by atoms with Crippen LogP contribution in [0.2, 0.25) is 0 Å². The molecule has 1 saturated carbocycles. The standard InChI is InChI=1S/C23H29N3OS/c1-4-16(2)17-7-9-18(10-8-17)22(20-6-5-13-28-20)25-14-21(27)26-23(3,15-24)19-11-12-19/h5-10,13,16,19,22,25H,4,11-12,14H2,1-3H3,(H,26,27)/t16-,22-,23-/m0/s1. The molecular formula is C23H29N3OS. The number of hydrogen-bond acceptors (Lipinski definition) is 4. The van der Waals surface area contributed by atoms with E-state index in [-0.39, 0.29) is 24.4 Å². The maximum atomic E-state index is 12.5. The van der Waals surface area contributed by atoms with Crippen molar-refractivity contribution in [2.75, 3.05) is 6.54 Å². The van der Waals surface area contributed by atoms with Crippen LogP contribution in [0.5, 0.6) is 0 Å². The number of rotatable bonds is 9. The molecule has 0 spiro atoms. The fraction of sp³-hybridized carbons (Fsp3) is 0.478. The van der Waals surface area contributed by atoms with Gasteiger partial charge in [-0.3, -0.25) is 10.1 Å². The van der Waals surface area contributed by atoms with Crippen molar-refractivity contribution in [3.63, 3.8) is 0 Å². The molecule has 28 heavy (non-hydrogen) atoms. The molecule has 2 aromatic rings. The van der Waals surface area contributed by atoms with Crippen LogP contribution in [0.1, 0.15) is 68.0 Å². The Morgan fingerprint density at radius 1 is 1.29 bits per heavy atom. The highest BCUT2D eigenvalue weighted by molar-refractivity contribution is 7.10. The minimum absolute atomic E-state index is 0.0361. The molecule has 148 valence electrons. The number of nitrogens with zero attached hydrogens (tertiary/aromatic N) is 1. The first-order chi connectivity index (χ1) is 13.5. The van der Waals surface area contributed by atoms with Gasteiger partial charge in [-0.25, -0.2) is 0 Å². The van der Waals surface area contributed by atoms with Gasteiger partial charge in [-0.15, -0.1) is 11.3 Å². The minimum Gasteiger partial charge on any atom is -0.337 e. The van der Waals surface area contributed by atoms with E-state index >= 15 is 0 Å². The van der Waals surface area contributed by atoms with Gasteiger partial charge in [0.05, 0.1) is 18.7 Å². The maximum Gasteiger partial charge on any atom is 0.235 e. The van der Waals surface area contributed by atoms with Crippen LogP contribution in [-0.2, 0) is 4.79 Å². The van der Waals surface area contributed by atoms with E-state index in [2.05, 4.69) is 66.3 Å². The highest BCUT2D eigenvalue weighted by Gasteiger charge is 2.42. The first-order valence-corrected chi connectivity index (χ1v) is 10.9.